The van der Waals surface area contributed by atoms with Crippen LogP contribution in [0.4, 0.5) is 4.79 Å². The average molecular weight is 323 g/mol. The lowest BCUT2D eigenvalue weighted by atomic mass is 9.79. The van der Waals surface area contributed by atoms with Crippen LogP contribution in [0.1, 0.15) is 51.0 Å². The van der Waals surface area contributed by atoms with Gasteiger partial charge in [0.2, 0.25) is 0 Å². The van der Waals surface area contributed by atoms with E-state index in [1.807, 2.05) is 37.0 Å². The molecule has 2 atom stereocenters. The highest BCUT2D eigenvalue weighted by Gasteiger charge is 2.45. The molecule has 2 aliphatic rings. The number of carbonyl (C=O) groups excluding carboxylic acids is 1. The van der Waals surface area contributed by atoms with Gasteiger partial charge in [-0.15, -0.1) is 11.3 Å². The summed E-state index contributed by atoms with van der Waals surface area (Å²) in [4.78, 5) is 15.7. The van der Waals surface area contributed by atoms with Crippen LogP contribution in [0.15, 0.2) is 11.4 Å². The lowest BCUT2D eigenvalue weighted by Crippen LogP contribution is -2.53. The summed E-state index contributed by atoms with van der Waals surface area (Å²) < 4.78 is 11.7. The van der Waals surface area contributed by atoms with Gasteiger partial charge in [0.15, 0.2) is 0 Å². The van der Waals surface area contributed by atoms with Crippen LogP contribution < -0.4 is 0 Å². The van der Waals surface area contributed by atoms with Crippen molar-refractivity contribution in [1.82, 2.24) is 4.90 Å². The third-order valence-electron chi connectivity index (χ3n) is 4.49. The summed E-state index contributed by atoms with van der Waals surface area (Å²) in [7, 11) is 0. The van der Waals surface area contributed by atoms with Gasteiger partial charge in [0.05, 0.1) is 12.2 Å². The van der Waals surface area contributed by atoms with E-state index in [0.717, 1.165) is 25.9 Å². The van der Waals surface area contributed by atoms with Crippen LogP contribution in [0.3, 0.4) is 0 Å². The van der Waals surface area contributed by atoms with Crippen molar-refractivity contribution in [2.45, 2.75) is 64.2 Å². The van der Waals surface area contributed by atoms with Crippen molar-refractivity contribution in [2.75, 3.05) is 13.2 Å². The molecule has 22 heavy (non-hydrogen) atoms. The average Bonchev–Trinajstić information content (AvgIpc) is 2.86. The lowest BCUT2D eigenvalue weighted by molar-refractivity contribution is -0.110. The fraction of sp³-hybridized carbons (Fsp3) is 0.706. The number of carbonyl (C=O) groups is 1. The van der Waals surface area contributed by atoms with Gasteiger partial charge in [-0.2, -0.15) is 0 Å². The molecule has 3 rings (SSSR count). The number of hydrogen-bond donors (Lipinski definition) is 0. The topological polar surface area (TPSA) is 38.8 Å². The van der Waals surface area contributed by atoms with E-state index in [1.165, 1.54) is 10.4 Å². The molecule has 0 bridgehead atoms. The van der Waals surface area contributed by atoms with Crippen LogP contribution in [0, 0.1) is 0 Å². The van der Waals surface area contributed by atoms with E-state index in [2.05, 4.69) is 18.4 Å². The first-order valence-corrected chi connectivity index (χ1v) is 8.89. The molecule has 1 unspecified atom stereocenters. The third-order valence-corrected chi connectivity index (χ3v) is 5.47. The quantitative estimate of drug-likeness (QED) is 0.726. The maximum Gasteiger partial charge on any atom is 0.410 e. The lowest BCUT2D eigenvalue weighted by Gasteiger charge is -2.47. The predicted molar refractivity (Wildman–Crippen MR) is 87.3 cm³/mol. The Balaban J connectivity index is 1.75. The highest BCUT2D eigenvalue weighted by Crippen LogP contribution is 2.45. The maximum absolute atomic E-state index is 12.4. The van der Waals surface area contributed by atoms with E-state index in [0.29, 0.717) is 6.54 Å². The number of piperidine rings is 1. The Kier molecular flexibility index (Phi) is 3.98. The minimum atomic E-state index is -0.451. The van der Waals surface area contributed by atoms with Gasteiger partial charge < -0.3 is 14.4 Å². The molecule has 0 saturated carbocycles. The van der Waals surface area contributed by atoms with Crippen molar-refractivity contribution in [3.8, 4) is 0 Å². The number of likely N-dealkylation sites (tertiary alicyclic amines) is 1. The van der Waals surface area contributed by atoms with Gasteiger partial charge in [-0.25, -0.2) is 4.79 Å². The van der Waals surface area contributed by atoms with Crippen molar-refractivity contribution in [3.63, 3.8) is 0 Å². The second kappa shape index (κ2) is 5.53. The van der Waals surface area contributed by atoms with E-state index in [4.69, 9.17) is 9.47 Å². The number of rotatable bonds is 0. The second-order valence-corrected chi connectivity index (χ2v) is 8.33. The highest BCUT2D eigenvalue weighted by atomic mass is 32.1. The largest absolute Gasteiger partial charge is 0.444 e. The van der Waals surface area contributed by atoms with Crippen molar-refractivity contribution in [1.29, 1.82) is 0 Å². The smallest absolute Gasteiger partial charge is 0.410 e. The van der Waals surface area contributed by atoms with Crippen LogP contribution in [-0.2, 0) is 21.5 Å². The number of amides is 1. The Morgan fingerprint density at radius 3 is 2.95 bits per heavy atom. The second-order valence-electron chi connectivity index (χ2n) is 7.33. The van der Waals surface area contributed by atoms with E-state index < -0.39 is 5.60 Å². The molecule has 122 valence electrons. The van der Waals surface area contributed by atoms with Crippen molar-refractivity contribution in [3.05, 3.63) is 21.9 Å². The van der Waals surface area contributed by atoms with E-state index >= 15 is 0 Å². The number of hydrogen-bond acceptors (Lipinski definition) is 4. The Labute approximate surface area is 136 Å². The summed E-state index contributed by atoms with van der Waals surface area (Å²) >= 11 is 1.82. The van der Waals surface area contributed by atoms with Gasteiger partial charge in [-0.1, -0.05) is 0 Å². The molecule has 1 saturated heterocycles. The summed E-state index contributed by atoms with van der Waals surface area (Å²) in [6, 6.07) is 2.32. The van der Waals surface area contributed by atoms with Gasteiger partial charge in [0.25, 0.3) is 0 Å². The molecule has 1 aromatic heterocycles. The van der Waals surface area contributed by atoms with E-state index in [9.17, 15) is 4.79 Å². The third kappa shape index (κ3) is 2.88. The molecule has 1 amide bonds. The van der Waals surface area contributed by atoms with Crippen LogP contribution in [0.2, 0.25) is 0 Å². The van der Waals surface area contributed by atoms with Gasteiger partial charge in [0, 0.05) is 30.3 Å². The fourth-order valence-electron chi connectivity index (χ4n) is 3.54. The van der Waals surface area contributed by atoms with Crippen molar-refractivity contribution in [2.24, 2.45) is 0 Å². The summed E-state index contributed by atoms with van der Waals surface area (Å²) in [5, 5.41) is 2.16. The zero-order valence-corrected chi connectivity index (χ0v) is 14.7. The number of thiophene rings is 1. The molecule has 3 heterocycles. The zero-order valence-electron chi connectivity index (χ0n) is 13.8. The molecule has 0 aromatic carbocycles. The molecule has 2 aliphatic heterocycles. The summed E-state index contributed by atoms with van der Waals surface area (Å²) in [5.41, 5.74) is 0.693. The summed E-state index contributed by atoms with van der Waals surface area (Å²) in [5.74, 6) is 0. The minimum Gasteiger partial charge on any atom is -0.444 e. The van der Waals surface area contributed by atoms with Crippen LogP contribution in [0.5, 0.6) is 0 Å². The number of fused-ring (bicyclic) bond motifs is 2. The molecular formula is C17H25NO3S. The van der Waals surface area contributed by atoms with Crippen molar-refractivity contribution < 1.29 is 14.3 Å². The normalized spacial score (nSPS) is 28.5. The molecule has 0 radical (unpaired) electrons. The zero-order chi connectivity index (χ0) is 16.0. The molecule has 1 fully saturated rings. The monoisotopic (exact) mass is 323 g/mol. The van der Waals surface area contributed by atoms with Crippen LogP contribution in [-0.4, -0.2) is 35.8 Å². The SMILES string of the molecule is C[C@H]1CC2(CCN1C(=O)OC(C)(C)C)OCCc1sccc12. The van der Waals surface area contributed by atoms with E-state index in [1.54, 1.807) is 0 Å². The molecule has 4 nitrogen and oxygen atoms in total. The van der Waals surface area contributed by atoms with Crippen LogP contribution in [0.25, 0.3) is 0 Å². The Hall–Kier alpha value is -1.07. The predicted octanol–water partition coefficient (Wildman–Crippen LogP) is 3.94. The molecule has 5 heteroatoms. The van der Waals surface area contributed by atoms with Gasteiger partial charge >= 0.3 is 6.09 Å². The van der Waals surface area contributed by atoms with E-state index in [-0.39, 0.29) is 17.7 Å². The van der Waals surface area contributed by atoms with Gasteiger partial charge in [-0.05, 0) is 51.1 Å². The molecule has 0 aliphatic carbocycles. The van der Waals surface area contributed by atoms with Crippen molar-refractivity contribution >= 4 is 17.4 Å². The van der Waals surface area contributed by atoms with Gasteiger partial charge in [0.1, 0.15) is 5.60 Å². The molecule has 1 aromatic rings. The number of nitrogens with zero attached hydrogens (tertiary/aromatic N) is 1. The highest BCUT2D eigenvalue weighted by molar-refractivity contribution is 7.10. The molecular weight excluding hydrogens is 298 g/mol. The Bertz CT molecular complexity index is 562. The first-order chi connectivity index (χ1) is 10.3. The minimum absolute atomic E-state index is 0.120. The fourth-order valence-corrected chi connectivity index (χ4v) is 4.49. The maximum atomic E-state index is 12.4. The summed E-state index contributed by atoms with van der Waals surface area (Å²) in [6.45, 7) is 9.28. The Morgan fingerprint density at radius 1 is 1.50 bits per heavy atom. The first kappa shape index (κ1) is 15.8. The molecule has 0 N–H and O–H groups in total. The summed E-state index contributed by atoms with van der Waals surface area (Å²) in [6.07, 6.45) is 2.49. The van der Waals surface area contributed by atoms with Crippen LogP contribution >= 0.6 is 11.3 Å². The first-order valence-electron chi connectivity index (χ1n) is 8.01. The Morgan fingerprint density at radius 2 is 2.27 bits per heavy atom. The number of ether oxygens (including phenoxy) is 2. The molecule has 1 spiro atoms. The standard InChI is InChI=1S/C17H25NO3S/c1-12-11-17(13-6-10-22-14(13)5-9-20-17)7-8-18(12)15(19)21-16(2,3)4/h6,10,12H,5,7-9,11H2,1-4H3/t12-,17?/m0/s1. The van der Waals surface area contributed by atoms with Gasteiger partial charge in [-0.3, -0.25) is 0 Å².